The molecule has 7 nitrogen and oxygen atoms in total. The van der Waals surface area contributed by atoms with Gasteiger partial charge in [0.25, 0.3) is 0 Å². The average Bonchev–Trinajstić information content (AvgIpc) is 3.18. The first kappa shape index (κ1) is 22.7. The van der Waals surface area contributed by atoms with E-state index in [0.29, 0.717) is 29.7 Å². The van der Waals surface area contributed by atoms with E-state index in [1.807, 2.05) is 55.1 Å². The van der Waals surface area contributed by atoms with E-state index in [2.05, 4.69) is 10.3 Å². The van der Waals surface area contributed by atoms with Gasteiger partial charge in [-0.3, -0.25) is 19.4 Å². The maximum atomic E-state index is 13.1. The summed E-state index contributed by atoms with van der Waals surface area (Å²) in [4.78, 5) is 33.9. The van der Waals surface area contributed by atoms with Gasteiger partial charge in [0.05, 0.1) is 36.1 Å². The van der Waals surface area contributed by atoms with Crippen LogP contribution >= 0.6 is 11.3 Å². The Morgan fingerprint density at radius 3 is 2.52 bits per heavy atom. The molecule has 0 spiro atoms. The zero-order chi connectivity index (χ0) is 22.2. The van der Waals surface area contributed by atoms with Crippen LogP contribution in [0.2, 0.25) is 0 Å². The molecule has 3 aromatic rings. The van der Waals surface area contributed by atoms with Gasteiger partial charge in [-0.05, 0) is 44.2 Å². The second-order valence-electron chi connectivity index (χ2n) is 7.06. The van der Waals surface area contributed by atoms with Crippen molar-refractivity contribution in [1.82, 2.24) is 9.88 Å². The number of nitrogens with one attached hydrogen (secondary N) is 1. The summed E-state index contributed by atoms with van der Waals surface area (Å²) in [5.74, 6) is 0.343. The number of para-hydroxylation sites is 3. The van der Waals surface area contributed by atoms with Gasteiger partial charge in [-0.15, -0.1) is 0 Å². The van der Waals surface area contributed by atoms with Gasteiger partial charge in [0.1, 0.15) is 5.75 Å². The van der Waals surface area contributed by atoms with E-state index in [1.54, 1.807) is 24.1 Å². The SMILES string of the molecule is CCCN(CC(=O)Nc1ccccc1OC)CC(=O)N(CC)c1nc2ccccc2s1. The highest BCUT2D eigenvalue weighted by atomic mass is 32.1. The van der Waals surface area contributed by atoms with Crippen LogP contribution in [0.3, 0.4) is 0 Å². The highest BCUT2D eigenvalue weighted by Gasteiger charge is 2.22. The quantitative estimate of drug-likeness (QED) is 0.516. The lowest BCUT2D eigenvalue weighted by Crippen LogP contribution is -2.43. The molecule has 0 saturated heterocycles. The van der Waals surface area contributed by atoms with E-state index in [-0.39, 0.29) is 24.9 Å². The van der Waals surface area contributed by atoms with Gasteiger partial charge in [0.15, 0.2) is 5.13 Å². The van der Waals surface area contributed by atoms with Crippen molar-refractivity contribution in [2.24, 2.45) is 0 Å². The molecule has 0 saturated carbocycles. The fourth-order valence-corrected chi connectivity index (χ4v) is 4.39. The van der Waals surface area contributed by atoms with Crippen molar-refractivity contribution >= 4 is 44.2 Å². The van der Waals surface area contributed by atoms with Crippen molar-refractivity contribution < 1.29 is 14.3 Å². The maximum absolute atomic E-state index is 13.1. The van der Waals surface area contributed by atoms with Gasteiger partial charge in [-0.1, -0.05) is 42.5 Å². The Morgan fingerprint density at radius 2 is 1.81 bits per heavy atom. The molecule has 31 heavy (non-hydrogen) atoms. The number of amides is 2. The summed E-state index contributed by atoms with van der Waals surface area (Å²) in [5, 5.41) is 3.56. The molecule has 0 radical (unpaired) electrons. The molecule has 1 aromatic heterocycles. The number of fused-ring (bicyclic) bond motifs is 1. The Kier molecular flexibility index (Phi) is 7.97. The highest BCUT2D eigenvalue weighted by Crippen LogP contribution is 2.28. The van der Waals surface area contributed by atoms with Crippen LogP contribution in [-0.4, -0.2) is 55.0 Å². The number of likely N-dealkylation sites (N-methyl/N-ethyl adjacent to an activating group) is 1. The lowest BCUT2D eigenvalue weighted by Gasteiger charge is -2.24. The first-order valence-electron chi connectivity index (χ1n) is 10.4. The summed E-state index contributed by atoms with van der Waals surface area (Å²) in [6.07, 6.45) is 0.836. The van der Waals surface area contributed by atoms with E-state index in [9.17, 15) is 9.59 Å². The molecule has 0 aliphatic carbocycles. The molecular weight excluding hydrogens is 412 g/mol. The number of carbonyl (C=O) groups excluding carboxylic acids is 2. The Hall–Kier alpha value is -2.97. The Bertz CT molecular complexity index is 1000. The number of methoxy groups -OCH3 is 1. The van der Waals surface area contributed by atoms with Gasteiger partial charge in [0, 0.05) is 6.54 Å². The third-order valence-electron chi connectivity index (χ3n) is 4.78. The lowest BCUT2D eigenvalue weighted by molar-refractivity contribution is -0.121. The summed E-state index contributed by atoms with van der Waals surface area (Å²) < 4.78 is 6.33. The number of ether oxygens (including phenoxy) is 1. The van der Waals surface area contributed by atoms with Crippen molar-refractivity contribution in [2.75, 3.05) is 43.5 Å². The molecule has 0 atom stereocenters. The first-order valence-corrected chi connectivity index (χ1v) is 11.2. The molecule has 1 N–H and O–H groups in total. The summed E-state index contributed by atoms with van der Waals surface area (Å²) in [7, 11) is 1.56. The zero-order valence-corrected chi connectivity index (χ0v) is 18.9. The smallest absolute Gasteiger partial charge is 0.242 e. The lowest BCUT2D eigenvalue weighted by atomic mass is 10.3. The Balaban J connectivity index is 1.67. The van der Waals surface area contributed by atoms with Crippen molar-refractivity contribution in [3.8, 4) is 5.75 Å². The number of aromatic nitrogens is 1. The molecule has 0 bridgehead atoms. The number of anilines is 2. The molecule has 0 aliphatic heterocycles. The number of hydrogen-bond acceptors (Lipinski definition) is 6. The second-order valence-corrected chi connectivity index (χ2v) is 8.07. The Morgan fingerprint density at radius 1 is 1.06 bits per heavy atom. The molecule has 164 valence electrons. The monoisotopic (exact) mass is 440 g/mol. The number of benzene rings is 2. The van der Waals surface area contributed by atoms with E-state index >= 15 is 0 Å². The molecule has 2 amide bonds. The molecular formula is C23H28N4O3S. The van der Waals surface area contributed by atoms with Crippen LogP contribution in [0.1, 0.15) is 20.3 Å². The van der Waals surface area contributed by atoms with E-state index in [4.69, 9.17) is 4.74 Å². The second kappa shape index (κ2) is 10.9. The summed E-state index contributed by atoms with van der Waals surface area (Å²) in [5.41, 5.74) is 1.50. The minimum atomic E-state index is -0.186. The predicted molar refractivity (Wildman–Crippen MR) is 126 cm³/mol. The highest BCUT2D eigenvalue weighted by molar-refractivity contribution is 7.22. The van der Waals surface area contributed by atoms with Crippen LogP contribution in [0.5, 0.6) is 5.75 Å². The molecule has 2 aromatic carbocycles. The van der Waals surface area contributed by atoms with Crippen molar-refractivity contribution in [3.05, 3.63) is 48.5 Å². The topological polar surface area (TPSA) is 74.8 Å². The van der Waals surface area contributed by atoms with Crippen molar-refractivity contribution in [2.45, 2.75) is 20.3 Å². The third-order valence-corrected chi connectivity index (χ3v) is 5.84. The van der Waals surface area contributed by atoms with Crippen LogP contribution in [0.4, 0.5) is 10.8 Å². The van der Waals surface area contributed by atoms with Gasteiger partial charge in [-0.25, -0.2) is 4.98 Å². The predicted octanol–water partition coefficient (Wildman–Crippen LogP) is 4.01. The van der Waals surface area contributed by atoms with Crippen LogP contribution in [0.25, 0.3) is 10.2 Å². The minimum absolute atomic E-state index is 0.0694. The van der Waals surface area contributed by atoms with E-state index in [0.717, 1.165) is 16.6 Å². The number of rotatable bonds is 10. The summed E-state index contributed by atoms with van der Waals surface area (Å²) in [6.45, 7) is 5.39. The molecule has 0 unspecified atom stereocenters. The van der Waals surface area contributed by atoms with Crippen LogP contribution < -0.4 is 15.0 Å². The van der Waals surface area contributed by atoms with Crippen LogP contribution in [0, 0.1) is 0 Å². The van der Waals surface area contributed by atoms with Gasteiger partial charge >= 0.3 is 0 Å². The van der Waals surface area contributed by atoms with Gasteiger partial charge in [0.2, 0.25) is 11.8 Å². The van der Waals surface area contributed by atoms with E-state index in [1.165, 1.54) is 11.3 Å². The third kappa shape index (κ3) is 5.80. The largest absolute Gasteiger partial charge is 0.495 e. The fraction of sp³-hybridized carbons (Fsp3) is 0.348. The number of carbonyl (C=O) groups is 2. The van der Waals surface area contributed by atoms with Gasteiger partial charge < -0.3 is 10.1 Å². The van der Waals surface area contributed by atoms with Gasteiger partial charge in [-0.2, -0.15) is 0 Å². The van der Waals surface area contributed by atoms with Crippen LogP contribution in [0.15, 0.2) is 48.5 Å². The normalized spacial score (nSPS) is 11.0. The minimum Gasteiger partial charge on any atom is -0.495 e. The average molecular weight is 441 g/mol. The number of thiazole rings is 1. The molecule has 3 rings (SSSR count). The summed E-state index contributed by atoms with van der Waals surface area (Å²) >= 11 is 1.50. The zero-order valence-electron chi connectivity index (χ0n) is 18.1. The van der Waals surface area contributed by atoms with E-state index < -0.39 is 0 Å². The molecule has 1 heterocycles. The Labute approximate surface area is 186 Å². The maximum Gasteiger partial charge on any atom is 0.242 e. The fourth-order valence-electron chi connectivity index (χ4n) is 3.34. The molecule has 0 aliphatic rings. The van der Waals surface area contributed by atoms with Crippen molar-refractivity contribution in [1.29, 1.82) is 0 Å². The molecule has 8 heteroatoms. The van der Waals surface area contributed by atoms with Crippen molar-refractivity contribution in [3.63, 3.8) is 0 Å². The summed E-state index contributed by atoms with van der Waals surface area (Å²) in [6, 6.07) is 15.1. The molecule has 0 fully saturated rings. The number of nitrogens with zero attached hydrogens (tertiary/aromatic N) is 3. The van der Waals surface area contributed by atoms with Crippen LogP contribution in [-0.2, 0) is 9.59 Å². The number of hydrogen-bond donors (Lipinski definition) is 1. The standard InChI is InChI=1S/C23H28N4O3S/c1-4-14-26(15-21(28)24-17-10-6-8-12-19(17)30-3)16-22(29)27(5-2)23-25-18-11-7-9-13-20(18)31-23/h6-13H,4-5,14-16H2,1-3H3,(H,24,28). The first-order chi connectivity index (χ1) is 15.0.